The summed E-state index contributed by atoms with van der Waals surface area (Å²) in [4.78, 5) is 14.4. The lowest BCUT2D eigenvalue weighted by molar-refractivity contribution is 0.0975. The molecule has 0 atom stereocenters. The van der Waals surface area contributed by atoms with Crippen molar-refractivity contribution in [1.29, 1.82) is 0 Å². The van der Waals surface area contributed by atoms with E-state index >= 15 is 0 Å². The Morgan fingerprint density at radius 2 is 2.27 bits per heavy atom. The Bertz CT molecular complexity index is 743. The summed E-state index contributed by atoms with van der Waals surface area (Å²) in [5.41, 5.74) is 2.38. The van der Waals surface area contributed by atoms with Gasteiger partial charge in [-0.3, -0.25) is 4.79 Å². The first-order valence-electron chi connectivity index (χ1n) is 7.22. The quantitative estimate of drug-likeness (QED) is 0.854. The lowest BCUT2D eigenvalue weighted by Crippen LogP contribution is -2.37. The Morgan fingerprint density at radius 3 is 3.00 bits per heavy atom. The van der Waals surface area contributed by atoms with Crippen LogP contribution in [0, 0.1) is 12.7 Å². The maximum absolute atomic E-state index is 13.9. The first-order valence-corrected chi connectivity index (χ1v) is 7.60. The van der Waals surface area contributed by atoms with Gasteiger partial charge in [-0.2, -0.15) is 0 Å². The molecule has 0 saturated heterocycles. The highest BCUT2D eigenvalue weighted by Crippen LogP contribution is 2.38. The normalized spacial score (nSPS) is 14.1. The first-order chi connectivity index (χ1) is 10.5. The molecular formula is C15H16ClFN4O. The van der Waals surface area contributed by atoms with E-state index in [-0.39, 0.29) is 16.7 Å². The van der Waals surface area contributed by atoms with E-state index in [2.05, 4.69) is 10.3 Å². The van der Waals surface area contributed by atoms with Gasteiger partial charge < -0.3 is 4.90 Å². The van der Waals surface area contributed by atoms with Gasteiger partial charge in [0, 0.05) is 13.1 Å². The molecule has 1 aromatic heterocycles. The number of hydrogen-bond acceptors (Lipinski definition) is 3. The van der Waals surface area contributed by atoms with Crippen molar-refractivity contribution in [3.8, 4) is 0 Å². The summed E-state index contributed by atoms with van der Waals surface area (Å²) in [6.07, 6.45) is 2.94. The van der Waals surface area contributed by atoms with E-state index in [1.165, 1.54) is 12.3 Å². The number of carbonyl (C=O) groups excluding carboxylic acids is 1. The monoisotopic (exact) mass is 322 g/mol. The van der Waals surface area contributed by atoms with Crippen LogP contribution in [0.25, 0.3) is 0 Å². The molecule has 0 fully saturated rings. The predicted octanol–water partition coefficient (Wildman–Crippen LogP) is 2.99. The van der Waals surface area contributed by atoms with Crippen LogP contribution in [0.4, 0.5) is 10.1 Å². The number of amides is 1. The molecule has 1 amide bonds. The van der Waals surface area contributed by atoms with Crippen LogP contribution in [-0.4, -0.2) is 27.4 Å². The Kier molecular flexibility index (Phi) is 3.87. The second-order valence-electron chi connectivity index (χ2n) is 5.29. The van der Waals surface area contributed by atoms with Gasteiger partial charge in [-0.1, -0.05) is 16.8 Å². The minimum Gasteiger partial charge on any atom is -0.305 e. The SMILES string of the molecule is CCn1nncc1C(=O)N1CCCc2c(C)c(F)cc(Cl)c21. The van der Waals surface area contributed by atoms with E-state index in [0.29, 0.717) is 36.5 Å². The highest BCUT2D eigenvalue weighted by atomic mass is 35.5. The van der Waals surface area contributed by atoms with Gasteiger partial charge in [0.2, 0.25) is 0 Å². The number of benzene rings is 1. The molecule has 5 nitrogen and oxygen atoms in total. The Hall–Kier alpha value is -1.95. The van der Waals surface area contributed by atoms with E-state index in [9.17, 15) is 9.18 Å². The average Bonchev–Trinajstić information content (AvgIpc) is 3.00. The number of rotatable bonds is 2. The van der Waals surface area contributed by atoms with Crippen molar-refractivity contribution in [1.82, 2.24) is 15.0 Å². The molecule has 116 valence electrons. The van der Waals surface area contributed by atoms with Crippen LogP contribution in [0.5, 0.6) is 0 Å². The van der Waals surface area contributed by atoms with E-state index in [1.807, 2.05) is 6.92 Å². The van der Waals surface area contributed by atoms with Gasteiger partial charge in [0.25, 0.3) is 5.91 Å². The van der Waals surface area contributed by atoms with Crippen molar-refractivity contribution >= 4 is 23.2 Å². The van der Waals surface area contributed by atoms with Crippen LogP contribution < -0.4 is 4.90 Å². The van der Waals surface area contributed by atoms with Gasteiger partial charge >= 0.3 is 0 Å². The lowest BCUT2D eigenvalue weighted by Gasteiger charge is -2.31. The Labute approximate surface area is 132 Å². The van der Waals surface area contributed by atoms with Gasteiger partial charge in [-0.15, -0.1) is 5.10 Å². The summed E-state index contributed by atoms with van der Waals surface area (Å²) in [5, 5.41) is 7.94. The maximum atomic E-state index is 13.9. The fourth-order valence-electron chi connectivity index (χ4n) is 2.88. The second kappa shape index (κ2) is 5.68. The van der Waals surface area contributed by atoms with Crippen LogP contribution in [0.2, 0.25) is 5.02 Å². The van der Waals surface area contributed by atoms with Crippen molar-refractivity contribution in [2.45, 2.75) is 33.2 Å². The molecule has 0 radical (unpaired) electrons. The molecule has 1 aromatic carbocycles. The summed E-state index contributed by atoms with van der Waals surface area (Å²) < 4.78 is 15.4. The molecule has 0 N–H and O–H groups in total. The zero-order chi connectivity index (χ0) is 15.9. The summed E-state index contributed by atoms with van der Waals surface area (Å²) in [6.45, 7) is 4.71. The molecule has 2 heterocycles. The fourth-order valence-corrected chi connectivity index (χ4v) is 3.19. The third-order valence-electron chi connectivity index (χ3n) is 4.04. The average molecular weight is 323 g/mol. The molecule has 0 bridgehead atoms. The van der Waals surface area contributed by atoms with E-state index < -0.39 is 0 Å². The molecule has 2 aromatic rings. The highest BCUT2D eigenvalue weighted by molar-refractivity contribution is 6.34. The largest absolute Gasteiger partial charge is 0.305 e. The van der Waals surface area contributed by atoms with Crippen LogP contribution in [0.15, 0.2) is 12.3 Å². The van der Waals surface area contributed by atoms with Gasteiger partial charge in [-0.05, 0) is 43.9 Å². The number of carbonyl (C=O) groups is 1. The summed E-state index contributed by atoms with van der Waals surface area (Å²) in [7, 11) is 0. The number of halogens is 2. The third-order valence-corrected chi connectivity index (χ3v) is 4.32. The van der Waals surface area contributed by atoms with Gasteiger partial charge in [0.15, 0.2) is 0 Å². The van der Waals surface area contributed by atoms with Crippen molar-refractivity contribution in [3.63, 3.8) is 0 Å². The van der Waals surface area contributed by atoms with Crippen LogP contribution in [0.1, 0.15) is 35.0 Å². The molecule has 0 aliphatic carbocycles. The molecule has 7 heteroatoms. The van der Waals surface area contributed by atoms with Gasteiger partial charge in [0.05, 0.1) is 16.9 Å². The van der Waals surface area contributed by atoms with Gasteiger partial charge in [0.1, 0.15) is 11.5 Å². The van der Waals surface area contributed by atoms with E-state index in [0.717, 1.165) is 12.0 Å². The molecule has 1 aliphatic rings. The zero-order valence-electron chi connectivity index (χ0n) is 12.4. The van der Waals surface area contributed by atoms with Crippen molar-refractivity contribution in [2.24, 2.45) is 0 Å². The minimum atomic E-state index is -0.335. The number of anilines is 1. The summed E-state index contributed by atoms with van der Waals surface area (Å²) in [6, 6.07) is 1.27. The van der Waals surface area contributed by atoms with Crippen molar-refractivity contribution in [3.05, 3.63) is 39.9 Å². The first kappa shape index (κ1) is 15.0. The lowest BCUT2D eigenvalue weighted by atomic mass is 9.96. The smallest absolute Gasteiger partial charge is 0.278 e. The summed E-state index contributed by atoms with van der Waals surface area (Å²) in [5.74, 6) is -0.543. The maximum Gasteiger partial charge on any atom is 0.278 e. The Morgan fingerprint density at radius 1 is 1.50 bits per heavy atom. The fraction of sp³-hybridized carbons (Fsp3) is 0.400. The molecule has 3 rings (SSSR count). The molecule has 0 unspecified atom stereocenters. The van der Waals surface area contributed by atoms with Crippen LogP contribution >= 0.6 is 11.6 Å². The number of fused-ring (bicyclic) bond motifs is 1. The number of nitrogens with zero attached hydrogens (tertiary/aromatic N) is 4. The third kappa shape index (κ3) is 2.27. The van der Waals surface area contributed by atoms with Crippen molar-refractivity contribution in [2.75, 3.05) is 11.4 Å². The second-order valence-corrected chi connectivity index (χ2v) is 5.69. The minimum absolute atomic E-state index is 0.208. The topological polar surface area (TPSA) is 51.0 Å². The number of aryl methyl sites for hydroxylation is 1. The van der Waals surface area contributed by atoms with Gasteiger partial charge in [-0.25, -0.2) is 9.07 Å². The molecular weight excluding hydrogens is 307 g/mol. The number of hydrogen-bond donors (Lipinski definition) is 0. The van der Waals surface area contributed by atoms with E-state index in [4.69, 9.17) is 11.6 Å². The molecule has 0 spiro atoms. The Balaban J connectivity index is 2.09. The van der Waals surface area contributed by atoms with E-state index in [1.54, 1.807) is 16.5 Å². The molecule has 22 heavy (non-hydrogen) atoms. The molecule has 1 aliphatic heterocycles. The summed E-state index contributed by atoms with van der Waals surface area (Å²) >= 11 is 6.22. The molecule has 0 saturated carbocycles. The highest BCUT2D eigenvalue weighted by Gasteiger charge is 2.30. The number of aromatic nitrogens is 3. The van der Waals surface area contributed by atoms with Crippen LogP contribution in [0.3, 0.4) is 0 Å². The van der Waals surface area contributed by atoms with Crippen LogP contribution in [-0.2, 0) is 13.0 Å². The van der Waals surface area contributed by atoms with Crippen molar-refractivity contribution < 1.29 is 9.18 Å². The standard InChI is InChI=1S/C15H16ClFN4O/c1-3-21-13(8-18-19-21)15(22)20-6-4-5-10-9(2)12(17)7-11(16)14(10)20/h7-8H,3-6H2,1-2H3. The zero-order valence-corrected chi connectivity index (χ0v) is 13.2. The predicted molar refractivity (Wildman–Crippen MR) is 81.8 cm³/mol.